The van der Waals surface area contributed by atoms with E-state index >= 15 is 0 Å². The highest BCUT2D eigenvalue weighted by molar-refractivity contribution is 6.76. The lowest BCUT2D eigenvalue weighted by molar-refractivity contribution is -0.157. The summed E-state index contributed by atoms with van der Waals surface area (Å²) in [5.74, 6) is -5.02. The molecule has 28 heavy (non-hydrogen) atoms. The minimum Gasteiger partial charge on any atom is -0.508 e. The average molecular weight is 401 g/mol. The average Bonchev–Trinajstić information content (AvgIpc) is 2.59. The third kappa shape index (κ3) is 3.68. The van der Waals surface area contributed by atoms with Crippen molar-refractivity contribution in [3.8, 4) is 5.75 Å². The number of nitrogens with zero attached hydrogens (tertiary/aromatic N) is 3. The van der Waals surface area contributed by atoms with Crippen molar-refractivity contribution in [1.82, 2.24) is 0 Å². The molecule has 4 atom stereocenters. The number of esters is 1. The van der Waals surface area contributed by atoms with Crippen molar-refractivity contribution < 1.29 is 24.2 Å². The summed E-state index contributed by atoms with van der Waals surface area (Å²) in [7, 11) is -1.41. The van der Waals surface area contributed by atoms with Crippen molar-refractivity contribution in [2.24, 2.45) is 17.0 Å². The molecule has 1 aromatic rings. The van der Waals surface area contributed by atoms with E-state index in [0.717, 1.165) is 11.6 Å². The van der Waals surface area contributed by atoms with Crippen LogP contribution >= 0.6 is 0 Å². The molecule has 3 aliphatic carbocycles. The summed E-state index contributed by atoms with van der Waals surface area (Å²) in [6.45, 7) is 6.76. The van der Waals surface area contributed by atoms with Crippen molar-refractivity contribution in [2.45, 2.75) is 43.9 Å². The fourth-order valence-corrected chi connectivity index (χ4v) is 4.95. The number of Topliss-reactive ketones (excluding diaryl/α,β-unsaturated/α-hetero) is 1. The monoisotopic (exact) mass is 401 g/mol. The Labute approximate surface area is 163 Å². The van der Waals surface area contributed by atoms with Gasteiger partial charge < -0.3 is 9.84 Å². The van der Waals surface area contributed by atoms with Crippen LogP contribution in [0.2, 0.25) is 25.7 Å². The topological polar surface area (TPSA) is 129 Å². The molecule has 1 N–H and O–H groups in total. The summed E-state index contributed by atoms with van der Waals surface area (Å²) in [6.07, 6.45) is 0.121. The molecule has 1 saturated carbocycles. The highest BCUT2D eigenvalue weighted by atomic mass is 28.3. The number of hydrogen-bond acceptors (Lipinski definition) is 5. The van der Waals surface area contributed by atoms with E-state index in [4.69, 9.17) is 10.3 Å². The van der Waals surface area contributed by atoms with Gasteiger partial charge in [-0.2, -0.15) is 0 Å². The first-order valence-electron chi connectivity index (χ1n) is 9.25. The van der Waals surface area contributed by atoms with E-state index in [0.29, 0.717) is 5.56 Å². The van der Waals surface area contributed by atoms with Gasteiger partial charge in [0.25, 0.3) is 0 Å². The first kappa shape index (κ1) is 20.1. The molecular formula is C19H23N3O5Si. The molecular weight excluding hydrogens is 378 g/mol. The summed E-state index contributed by atoms with van der Waals surface area (Å²) in [4.78, 5) is 40.7. The number of aromatic hydroxyl groups is 1. The Hall–Kier alpha value is -2.64. The minimum absolute atomic E-state index is 0.0247. The number of phenolic OH excluding ortho intramolecular Hbond substituents is 1. The fraction of sp³-hybridized carbons (Fsp3) is 0.526. The number of ketones is 1. The van der Waals surface area contributed by atoms with E-state index in [1.54, 1.807) is 6.07 Å². The fourth-order valence-electron chi connectivity index (χ4n) is 4.24. The van der Waals surface area contributed by atoms with Gasteiger partial charge in [0.15, 0.2) is 0 Å². The van der Waals surface area contributed by atoms with Crippen LogP contribution in [0.15, 0.2) is 23.3 Å². The zero-order valence-corrected chi connectivity index (χ0v) is 17.1. The Kier molecular flexibility index (Phi) is 5.32. The Morgan fingerprint density at radius 2 is 2.00 bits per heavy atom. The molecule has 1 amide bonds. The lowest BCUT2D eigenvalue weighted by Crippen LogP contribution is -2.50. The summed E-state index contributed by atoms with van der Waals surface area (Å²) in [6, 6.07) is 5.43. The quantitative estimate of drug-likeness (QED) is 0.265. The predicted octanol–water partition coefficient (Wildman–Crippen LogP) is 3.50. The Balaban J connectivity index is 1.99. The highest BCUT2D eigenvalue weighted by Gasteiger charge is 2.56. The van der Waals surface area contributed by atoms with Crippen molar-refractivity contribution in [1.29, 1.82) is 0 Å². The first-order valence-corrected chi connectivity index (χ1v) is 13.0. The molecule has 9 heteroatoms. The molecule has 8 nitrogen and oxygen atoms in total. The number of benzene rings is 1. The molecule has 0 spiro atoms. The zero-order chi connectivity index (χ0) is 20.6. The number of azide groups is 1. The van der Waals surface area contributed by atoms with Gasteiger partial charge in [0, 0.05) is 25.3 Å². The Bertz CT molecular complexity index is 888. The number of fused-ring (bicyclic) bond motifs is 2. The molecule has 0 aliphatic heterocycles. The van der Waals surface area contributed by atoms with E-state index in [1.165, 1.54) is 12.1 Å². The van der Waals surface area contributed by atoms with Gasteiger partial charge in [-0.25, -0.2) is 0 Å². The van der Waals surface area contributed by atoms with Gasteiger partial charge >= 0.3 is 5.97 Å². The van der Waals surface area contributed by atoms with Crippen molar-refractivity contribution in [2.75, 3.05) is 6.61 Å². The van der Waals surface area contributed by atoms with Crippen LogP contribution in [-0.2, 0) is 19.1 Å². The number of phenols is 1. The normalized spacial score (nSPS) is 25.6. The van der Waals surface area contributed by atoms with Crippen molar-refractivity contribution >= 4 is 25.7 Å². The molecule has 1 unspecified atom stereocenters. The van der Waals surface area contributed by atoms with Gasteiger partial charge in [-0.3, -0.25) is 14.4 Å². The van der Waals surface area contributed by atoms with Gasteiger partial charge in [-0.1, -0.05) is 25.7 Å². The summed E-state index contributed by atoms with van der Waals surface area (Å²) in [5, 5.41) is 13.0. The molecule has 2 bridgehead atoms. The van der Waals surface area contributed by atoms with E-state index < -0.39 is 43.6 Å². The van der Waals surface area contributed by atoms with Gasteiger partial charge in [0.05, 0.1) is 24.4 Å². The lowest BCUT2D eigenvalue weighted by atomic mass is 9.55. The Morgan fingerprint density at radius 1 is 1.29 bits per heavy atom. The van der Waals surface area contributed by atoms with E-state index in [1.807, 2.05) is 0 Å². The van der Waals surface area contributed by atoms with E-state index in [2.05, 4.69) is 29.7 Å². The maximum atomic E-state index is 12.9. The SMILES string of the molecule is C[Si](C)(C)CCOC(=O)[C@@H]1C2CC(=O)[C@@H](c3cc(O)ccc32)[C@H]1C(=O)N=[N+]=[N-]. The number of rotatable bonds is 5. The maximum absolute atomic E-state index is 12.9. The largest absolute Gasteiger partial charge is 0.508 e. The van der Waals surface area contributed by atoms with Crippen LogP contribution < -0.4 is 0 Å². The van der Waals surface area contributed by atoms with Crippen LogP contribution in [0.3, 0.4) is 0 Å². The molecule has 0 radical (unpaired) electrons. The van der Waals surface area contributed by atoms with Crippen molar-refractivity contribution in [3.63, 3.8) is 0 Å². The van der Waals surface area contributed by atoms with Crippen LogP contribution in [0, 0.1) is 11.8 Å². The van der Waals surface area contributed by atoms with Crippen LogP contribution in [0.1, 0.15) is 29.4 Å². The number of carbonyl (C=O) groups excluding carboxylic acids is 3. The maximum Gasteiger partial charge on any atom is 0.310 e. The number of carbonyl (C=O) groups is 3. The van der Waals surface area contributed by atoms with Crippen LogP contribution in [0.5, 0.6) is 5.75 Å². The number of ether oxygens (including phenoxy) is 1. The second-order valence-corrected chi connectivity index (χ2v) is 14.2. The van der Waals surface area contributed by atoms with Crippen LogP contribution in [0.25, 0.3) is 10.4 Å². The second-order valence-electron chi connectivity index (χ2n) is 8.63. The number of hydrogen-bond donors (Lipinski definition) is 1. The summed E-state index contributed by atoms with van der Waals surface area (Å²) in [5.41, 5.74) is 9.99. The van der Waals surface area contributed by atoms with Crippen molar-refractivity contribution in [3.05, 3.63) is 39.8 Å². The smallest absolute Gasteiger partial charge is 0.310 e. The molecule has 4 rings (SSSR count). The zero-order valence-electron chi connectivity index (χ0n) is 16.1. The van der Waals surface area contributed by atoms with Gasteiger partial charge in [-0.05, 0) is 39.9 Å². The molecule has 0 heterocycles. The van der Waals surface area contributed by atoms with Gasteiger partial charge in [-0.15, -0.1) is 0 Å². The third-order valence-electron chi connectivity index (χ3n) is 5.55. The molecule has 1 aromatic carbocycles. The highest BCUT2D eigenvalue weighted by Crippen LogP contribution is 2.55. The molecule has 1 fully saturated rings. The van der Waals surface area contributed by atoms with Crippen LogP contribution in [0.4, 0.5) is 0 Å². The van der Waals surface area contributed by atoms with E-state index in [-0.39, 0.29) is 24.6 Å². The lowest BCUT2D eigenvalue weighted by Gasteiger charge is -2.46. The summed E-state index contributed by atoms with van der Waals surface area (Å²) < 4.78 is 5.49. The standard InChI is InChI=1S/C19H23N3O5Si/c1-28(2,3)7-6-27-19(26)16-13-9-14(24)15(17(16)18(25)21-22-20)12-8-10(23)4-5-11(12)13/h4-5,8,13,15-17,23H,6-7,9H2,1-3H3/t13?,15-,16-,17-/m1/s1. The summed E-state index contributed by atoms with van der Waals surface area (Å²) >= 11 is 0. The Morgan fingerprint density at radius 3 is 2.64 bits per heavy atom. The minimum atomic E-state index is -1.41. The molecule has 3 aliphatic rings. The van der Waals surface area contributed by atoms with E-state index in [9.17, 15) is 19.5 Å². The third-order valence-corrected chi connectivity index (χ3v) is 7.25. The first-order chi connectivity index (χ1) is 13.1. The second kappa shape index (κ2) is 7.41. The predicted molar refractivity (Wildman–Crippen MR) is 103 cm³/mol. The molecule has 0 saturated heterocycles. The molecule has 148 valence electrons. The van der Waals surface area contributed by atoms with Gasteiger partial charge in [0.2, 0.25) is 5.91 Å². The molecule has 0 aromatic heterocycles. The van der Waals surface area contributed by atoms with Gasteiger partial charge in [0.1, 0.15) is 11.5 Å². The number of amides is 1. The van der Waals surface area contributed by atoms with Crippen LogP contribution in [-0.4, -0.2) is 37.4 Å².